The number of amides is 1. The van der Waals surface area contributed by atoms with Crippen molar-refractivity contribution in [3.63, 3.8) is 0 Å². The second kappa shape index (κ2) is 7.86. The number of aliphatic hydroxyl groups is 1. The number of piperidine rings is 1. The molecule has 0 radical (unpaired) electrons. The molecule has 1 atom stereocenters. The summed E-state index contributed by atoms with van der Waals surface area (Å²) in [6, 6.07) is 6.88. The van der Waals surface area contributed by atoms with Crippen LogP contribution in [0.25, 0.3) is 10.9 Å². The van der Waals surface area contributed by atoms with Crippen molar-refractivity contribution in [3.05, 3.63) is 30.1 Å². The van der Waals surface area contributed by atoms with Crippen LogP contribution in [0.3, 0.4) is 0 Å². The van der Waals surface area contributed by atoms with Crippen LogP contribution < -0.4 is 4.90 Å². The molecule has 1 spiro atoms. The number of likely N-dealkylation sites (tertiary alicyclic amines) is 1. The summed E-state index contributed by atoms with van der Waals surface area (Å²) in [5.74, 6) is -0.780. The summed E-state index contributed by atoms with van der Waals surface area (Å²) in [5, 5.41) is 10.4. The molecule has 1 amide bonds. The first kappa shape index (κ1) is 21.4. The number of fused-ring (bicyclic) bond motifs is 1. The minimum Gasteiger partial charge on any atom is -0.393 e. The lowest BCUT2D eigenvalue weighted by atomic mass is 9.78. The number of carbonyl (C=O) groups is 1. The van der Waals surface area contributed by atoms with Crippen LogP contribution in [-0.4, -0.2) is 57.7 Å². The van der Waals surface area contributed by atoms with Crippen LogP contribution in [0, 0.1) is 5.41 Å². The number of benzene rings is 1. The molecule has 3 aliphatic rings. The maximum absolute atomic E-state index is 13.6. The van der Waals surface area contributed by atoms with Crippen molar-refractivity contribution in [3.8, 4) is 0 Å². The average molecular weight is 448 g/mol. The highest BCUT2D eigenvalue weighted by molar-refractivity contribution is 5.91. The molecule has 5 rings (SSSR count). The van der Waals surface area contributed by atoms with Crippen LogP contribution in [0.5, 0.6) is 0 Å². The van der Waals surface area contributed by atoms with E-state index in [0.29, 0.717) is 44.3 Å². The van der Waals surface area contributed by atoms with E-state index in [1.165, 1.54) is 0 Å². The van der Waals surface area contributed by atoms with E-state index in [0.717, 1.165) is 25.7 Å². The number of carbonyl (C=O) groups excluding carboxylic acids is 1. The minimum atomic E-state index is -4.64. The third kappa shape index (κ3) is 3.70. The Balaban J connectivity index is 1.45. The Morgan fingerprint density at radius 3 is 2.53 bits per heavy atom. The number of hydrogen-bond donors (Lipinski definition) is 1. The first-order valence-electron chi connectivity index (χ1n) is 11.3. The van der Waals surface area contributed by atoms with Gasteiger partial charge in [0, 0.05) is 31.1 Å². The molecule has 0 unspecified atom stereocenters. The van der Waals surface area contributed by atoms with Crippen molar-refractivity contribution >= 4 is 22.6 Å². The van der Waals surface area contributed by atoms with E-state index in [1.54, 1.807) is 24.3 Å². The summed E-state index contributed by atoms with van der Waals surface area (Å²) >= 11 is 0. The number of nitrogens with zero attached hydrogens (tertiary/aromatic N) is 4. The molecular formula is C23H27F3N4O2. The highest BCUT2D eigenvalue weighted by atomic mass is 19.4. The van der Waals surface area contributed by atoms with E-state index in [1.807, 2.05) is 9.80 Å². The first-order chi connectivity index (χ1) is 15.3. The van der Waals surface area contributed by atoms with Crippen molar-refractivity contribution in [2.45, 2.75) is 63.3 Å². The van der Waals surface area contributed by atoms with Gasteiger partial charge in [-0.15, -0.1) is 0 Å². The highest BCUT2D eigenvalue weighted by Crippen LogP contribution is 2.44. The lowest BCUT2D eigenvalue weighted by molar-refractivity contribution is -0.144. The lowest BCUT2D eigenvalue weighted by Crippen LogP contribution is -2.50. The fraction of sp³-hybridized carbons (Fsp3) is 0.609. The highest BCUT2D eigenvalue weighted by Gasteiger charge is 2.51. The van der Waals surface area contributed by atoms with Gasteiger partial charge in [-0.3, -0.25) is 4.79 Å². The molecule has 1 aromatic carbocycles. The van der Waals surface area contributed by atoms with Gasteiger partial charge in [0.15, 0.2) is 0 Å². The first-order valence-corrected chi connectivity index (χ1v) is 11.3. The van der Waals surface area contributed by atoms with Gasteiger partial charge in [0.25, 0.3) is 0 Å². The third-order valence-electron chi connectivity index (χ3n) is 7.37. The van der Waals surface area contributed by atoms with Crippen LogP contribution in [0.2, 0.25) is 0 Å². The van der Waals surface area contributed by atoms with E-state index in [2.05, 4.69) is 9.97 Å². The van der Waals surface area contributed by atoms with E-state index in [4.69, 9.17) is 0 Å². The Bertz CT molecular complexity index is 1020. The standard InChI is InChI=1S/C23H27F3N4O2/c24-23(25,26)20-27-18-5-2-1-4-17(18)19(28-20)29-12-3-10-22(14-29)11-13-30(21(22)32)15-6-8-16(31)9-7-15/h1-2,4-5,15-16,31H,3,6-14H2/t15?,16?,22-/m1/s1. The van der Waals surface area contributed by atoms with Crippen LogP contribution >= 0.6 is 0 Å². The molecule has 1 N–H and O–H groups in total. The Labute approximate surface area is 184 Å². The average Bonchev–Trinajstić information content (AvgIpc) is 3.08. The predicted molar refractivity (Wildman–Crippen MR) is 113 cm³/mol. The maximum atomic E-state index is 13.6. The molecule has 32 heavy (non-hydrogen) atoms. The molecule has 1 saturated carbocycles. The molecule has 9 heteroatoms. The third-order valence-corrected chi connectivity index (χ3v) is 7.37. The molecule has 6 nitrogen and oxygen atoms in total. The van der Waals surface area contributed by atoms with E-state index < -0.39 is 17.4 Å². The predicted octanol–water partition coefficient (Wildman–Crippen LogP) is 3.77. The van der Waals surface area contributed by atoms with Crippen LogP contribution in [0.1, 0.15) is 50.8 Å². The SMILES string of the molecule is O=C1N(C2CCC(O)CC2)CC[C@@]12CCCN(c1nc(C(F)(F)F)nc3ccccc13)C2. The molecule has 1 aromatic heterocycles. The fourth-order valence-corrected chi connectivity index (χ4v) is 5.68. The Kier molecular flexibility index (Phi) is 5.27. The monoisotopic (exact) mass is 448 g/mol. The van der Waals surface area contributed by atoms with Gasteiger partial charge in [0.05, 0.1) is 17.0 Å². The summed E-state index contributed by atoms with van der Waals surface area (Å²) in [4.78, 5) is 25.0. The van der Waals surface area contributed by atoms with Crippen molar-refractivity contribution in [2.24, 2.45) is 5.41 Å². The second-order valence-corrected chi connectivity index (χ2v) is 9.40. The summed E-state index contributed by atoms with van der Waals surface area (Å²) in [6.45, 7) is 1.60. The zero-order valence-corrected chi connectivity index (χ0v) is 17.8. The quantitative estimate of drug-likeness (QED) is 0.758. The Hall–Kier alpha value is -2.42. The van der Waals surface area contributed by atoms with Gasteiger partial charge in [-0.25, -0.2) is 9.97 Å². The normalized spacial score (nSPS) is 29.3. The molecule has 0 bridgehead atoms. The van der Waals surface area contributed by atoms with Crippen molar-refractivity contribution in [1.82, 2.24) is 14.9 Å². The second-order valence-electron chi connectivity index (χ2n) is 9.40. The summed E-state index contributed by atoms with van der Waals surface area (Å²) < 4.78 is 40.4. The van der Waals surface area contributed by atoms with Gasteiger partial charge in [-0.05, 0) is 57.1 Å². The van der Waals surface area contributed by atoms with Crippen LogP contribution in [-0.2, 0) is 11.0 Å². The molecule has 2 aliphatic heterocycles. The number of alkyl halides is 3. The molecule has 2 saturated heterocycles. The van der Waals surface area contributed by atoms with Crippen molar-refractivity contribution < 1.29 is 23.1 Å². The molecule has 3 heterocycles. The summed E-state index contributed by atoms with van der Waals surface area (Å²) in [6.07, 6.45) is 0.273. The number of hydrogen-bond acceptors (Lipinski definition) is 5. The van der Waals surface area contributed by atoms with Crippen LogP contribution in [0.15, 0.2) is 24.3 Å². The fourth-order valence-electron chi connectivity index (χ4n) is 5.68. The number of para-hydroxylation sites is 1. The molecule has 172 valence electrons. The zero-order chi connectivity index (χ0) is 22.5. The summed E-state index contributed by atoms with van der Waals surface area (Å²) in [7, 11) is 0. The van der Waals surface area contributed by atoms with Gasteiger partial charge in [0.1, 0.15) is 5.82 Å². The van der Waals surface area contributed by atoms with Crippen LogP contribution in [0.4, 0.5) is 19.0 Å². The molecule has 2 aromatic rings. The maximum Gasteiger partial charge on any atom is 0.451 e. The minimum absolute atomic E-state index is 0.109. The van der Waals surface area contributed by atoms with E-state index in [9.17, 15) is 23.1 Å². The van der Waals surface area contributed by atoms with Gasteiger partial charge < -0.3 is 14.9 Å². The Morgan fingerprint density at radius 1 is 1.03 bits per heavy atom. The number of anilines is 1. The summed E-state index contributed by atoms with van der Waals surface area (Å²) in [5.41, 5.74) is -0.330. The van der Waals surface area contributed by atoms with E-state index in [-0.39, 0.29) is 29.4 Å². The number of halogens is 3. The largest absolute Gasteiger partial charge is 0.451 e. The molecule has 1 aliphatic carbocycles. The van der Waals surface area contributed by atoms with Gasteiger partial charge >= 0.3 is 6.18 Å². The topological polar surface area (TPSA) is 69.6 Å². The lowest BCUT2D eigenvalue weighted by Gasteiger charge is -2.41. The molecular weight excluding hydrogens is 421 g/mol. The number of aliphatic hydroxyl groups excluding tert-OH is 1. The van der Waals surface area contributed by atoms with Crippen molar-refractivity contribution in [2.75, 3.05) is 24.5 Å². The smallest absolute Gasteiger partial charge is 0.393 e. The number of rotatable bonds is 2. The van der Waals surface area contributed by atoms with E-state index >= 15 is 0 Å². The molecule has 3 fully saturated rings. The van der Waals surface area contributed by atoms with Crippen molar-refractivity contribution in [1.29, 1.82) is 0 Å². The van der Waals surface area contributed by atoms with Gasteiger partial charge in [-0.1, -0.05) is 12.1 Å². The zero-order valence-electron chi connectivity index (χ0n) is 17.8. The number of aromatic nitrogens is 2. The Morgan fingerprint density at radius 2 is 1.78 bits per heavy atom. The van der Waals surface area contributed by atoms with Gasteiger partial charge in [-0.2, -0.15) is 13.2 Å². The van der Waals surface area contributed by atoms with Gasteiger partial charge in [0.2, 0.25) is 11.7 Å².